The Morgan fingerprint density at radius 3 is 1.76 bits per heavy atom. The Balaban J connectivity index is 2.19. The quantitative estimate of drug-likeness (QED) is 0.211. The minimum Gasteiger partial charge on any atom is -0.490 e. The standard InChI is InChI=1S/C25H28Cl3NO11S2/c1-15(30)29(41(4,33)34)12-20(40-17(3)32)14-37-18-5-7-21(8-6-18)42(35,36)22-9-23(27)25(24(28)10-22)38-13-19(11-26)39-16(2)31/h5-10,19-20H,11-14H2,1-4H3. The van der Waals surface area contributed by atoms with Crippen LogP contribution in [0.25, 0.3) is 0 Å². The normalized spacial score (nSPS) is 13.0. The third-order valence-corrected chi connectivity index (χ3v) is 9.09. The third-order valence-electron chi connectivity index (χ3n) is 5.22. The Morgan fingerprint density at radius 2 is 1.31 bits per heavy atom. The number of carbonyl (C=O) groups excluding carboxylic acids is 3. The summed E-state index contributed by atoms with van der Waals surface area (Å²) in [5.74, 6) is -1.96. The fourth-order valence-electron chi connectivity index (χ4n) is 3.43. The zero-order valence-corrected chi connectivity index (χ0v) is 26.7. The third kappa shape index (κ3) is 10.2. The van der Waals surface area contributed by atoms with Crippen LogP contribution < -0.4 is 9.47 Å². The molecule has 2 atom stereocenters. The number of carbonyl (C=O) groups is 3. The van der Waals surface area contributed by atoms with E-state index in [4.69, 9.17) is 53.8 Å². The van der Waals surface area contributed by atoms with E-state index < -0.39 is 56.5 Å². The highest BCUT2D eigenvalue weighted by Crippen LogP contribution is 2.37. The minimum absolute atomic E-state index is 0.0233. The van der Waals surface area contributed by atoms with E-state index in [2.05, 4.69) is 0 Å². The van der Waals surface area contributed by atoms with Crippen molar-refractivity contribution in [2.24, 2.45) is 0 Å². The zero-order valence-electron chi connectivity index (χ0n) is 22.8. The molecule has 2 aromatic rings. The van der Waals surface area contributed by atoms with Crippen LogP contribution in [0.5, 0.6) is 11.5 Å². The molecule has 0 spiro atoms. The summed E-state index contributed by atoms with van der Waals surface area (Å²) >= 11 is 18.2. The van der Waals surface area contributed by atoms with Crippen LogP contribution >= 0.6 is 34.8 Å². The number of sulfone groups is 1. The molecule has 0 N–H and O–H groups in total. The van der Waals surface area contributed by atoms with Gasteiger partial charge >= 0.3 is 11.9 Å². The molecule has 0 saturated carbocycles. The molecule has 232 valence electrons. The van der Waals surface area contributed by atoms with Crippen molar-refractivity contribution in [3.8, 4) is 11.5 Å². The Kier molecular flexibility index (Phi) is 12.7. The van der Waals surface area contributed by atoms with Crippen LogP contribution in [-0.4, -0.2) is 83.1 Å². The smallest absolute Gasteiger partial charge is 0.303 e. The number of hydrogen-bond acceptors (Lipinski definition) is 11. The first-order valence-corrected chi connectivity index (χ1v) is 16.6. The minimum atomic E-state index is -4.11. The van der Waals surface area contributed by atoms with E-state index in [-0.39, 0.29) is 50.4 Å². The Bertz CT molecular complexity index is 1490. The van der Waals surface area contributed by atoms with Gasteiger partial charge in [0.05, 0.1) is 38.5 Å². The van der Waals surface area contributed by atoms with Crippen LogP contribution in [0.4, 0.5) is 0 Å². The average Bonchev–Trinajstić information content (AvgIpc) is 2.87. The Hall–Kier alpha value is -2.78. The maximum Gasteiger partial charge on any atom is 0.303 e. The molecular weight excluding hydrogens is 661 g/mol. The van der Waals surface area contributed by atoms with Crippen LogP contribution in [0.15, 0.2) is 46.2 Å². The van der Waals surface area contributed by atoms with E-state index in [9.17, 15) is 31.2 Å². The number of hydrogen-bond donors (Lipinski definition) is 0. The van der Waals surface area contributed by atoms with Gasteiger partial charge in [-0.2, -0.15) is 0 Å². The van der Waals surface area contributed by atoms with Gasteiger partial charge in [0.2, 0.25) is 25.8 Å². The van der Waals surface area contributed by atoms with Gasteiger partial charge in [-0.1, -0.05) is 23.2 Å². The molecule has 42 heavy (non-hydrogen) atoms. The van der Waals surface area contributed by atoms with Crippen LogP contribution in [0, 0.1) is 0 Å². The SMILES string of the molecule is CC(=O)OC(CCl)COc1c(Cl)cc(S(=O)(=O)c2ccc(OCC(CN(C(C)=O)S(C)(=O)=O)OC(C)=O)cc2)cc1Cl. The van der Waals surface area contributed by atoms with Crippen molar-refractivity contribution in [1.82, 2.24) is 4.31 Å². The zero-order chi connectivity index (χ0) is 31.8. The first-order valence-electron chi connectivity index (χ1n) is 11.9. The summed E-state index contributed by atoms with van der Waals surface area (Å²) in [6.07, 6.45) is -1.08. The van der Waals surface area contributed by atoms with Crippen LogP contribution in [-0.2, 0) is 43.7 Å². The Morgan fingerprint density at radius 1 is 0.810 bits per heavy atom. The number of alkyl halides is 1. The summed E-state index contributed by atoms with van der Waals surface area (Å²) in [4.78, 5) is 34.1. The lowest BCUT2D eigenvalue weighted by atomic mass is 10.3. The molecule has 0 radical (unpaired) electrons. The molecule has 2 rings (SSSR count). The largest absolute Gasteiger partial charge is 0.490 e. The summed E-state index contributed by atoms with van der Waals surface area (Å²) in [5.41, 5.74) is 0. The topological polar surface area (TPSA) is 160 Å². The van der Waals surface area contributed by atoms with Crippen LogP contribution in [0.2, 0.25) is 10.0 Å². The van der Waals surface area contributed by atoms with E-state index in [0.29, 0.717) is 4.31 Å². The molecule has 0 fully saturated rings. The highest BCUT2D eigenvalue weighted by Gasteiger charge is 2.27. The summed E-state index contributed by atoms with van der Waals surface area (Å²) in [7, 11) is -8.04. The molecule has 0 heterocycles. The van der Waals surface area contributed by atoms with Gasteiger partial charge < -0.3 is 18.9 Å². The lowest BCUT2D eigenvalue weighted by Gasteiger charge is -2.24. The van der Waals surface area contributed by atoms with Crippen LogP contribution in [0.3, 0.4) is 0 Å². The molecular formula is C25H28Cl3NO11S2. The highest BCUT2D eigenvalue weighted by molar-refractivity contribution is 7.91. The van der Waals surface area contributed by atoms with Gasteiger partial charge in [-0.05, 0) is 36.4 Å². The number of nitrogens with zero attached hydrogens (tertiary/aromatic N) is 1. The number of amides is 1. The second kappa shape index (κ2) is 15.1. The molecule has 2 unspecified atom stereocenters. The molecule has 2 aromatic carbocycles. The van der Waals surface area contributed by atoms with Gasteiger partial charge in [0.25, 0.3) is 0 Å². The molecule has 0 saturated heterocycles. The van der Waals surface area contributed by atoms with Gasteiger partial charge in [-0.25, -0.2) is 21.1 Å². The molecule has 0 aliphatic heterocycles. The second-order valence-electron chi connectivity index (χ2n) is 8.74. The molecule has 0 aromatic heterocycles. The summed E-state index contributed by atoms with van der Waals surface area (Å²) in [6, 6.07) is 7.46. The molecule has 0 aliphatic rings. The molecule has 1 amide bonds. The molecule has 12 nitrogen and oxygen atoms in total. The van der Waals surface area contributed by atoms with Gasteiger partial charge in [0, 0.05) is 20.8 Å². The van der Waals surface area contributed by atoms with E-state index in [1.54, 1.807) is 0 Å². The van der Waals surface area contributed by atoms with Gasteiger partial charge in [0.1, 0.15) is 25.1 Å². The average molecular weight is 689 g/mol. The summed E-state index contributed by atoms with van der Waals surface area (Å²) in [5, 5.41) is -0.218. The lowest BCUT2D eigenvalue weighted by Crippen LogP contribution is -2.43. The molecule has 0 bridgehead atoms. The highest BCUT2D eigenvalue weighted by atomic mass is 35.5. The number of ether oxygens (including phenoxy) is 4. The predicted octanol–water partition coefficient (Wildman–Crippen LogP) is 3.49. The van der Waals surface area contributed by atoms with Crippen molar-refractivity contribution in [1.29, 1.82) is 0 Å². The molecule has 17 heteroatoms. The fraction of sp³-hybridized carbons (Fsp3) is 0.400. The van der Waals surface area contributed by atoms with Crippen molar-refractivity contribution < 1.29 is 50.2 Å². The Labute approximate surface area is 258 Å². The van der Waals surface area contributed by atoms with Gasteiger partial charge in [0.15, 0.2) is 11.9 Å². The summed E-state index contributed by atoms with van der Waals surface area (Å²) < 4.78 is 72.0. The van der Waals surface area contributed by atoms with Crippen molar-refractivity contribution in [2.75, 3.05) is 31.9 Å². The van der Waals surface area contributed by atoms with Crippen molar-refractivity contribution in [3.05, 3.63) is 46.4 Å². The van der Waals surface area contributed by atoms with Crippen molar-refractivity contribution in [2.45, 2.75) is 42.8 Å². The number of halogens is 3. The number of esters is 2. The maximum atomic E-state index is 13.2. The van der Waals surface area contributed by atoms with Gasteiger partial charge in [-0.15, -0.1) is 11.6 Å². The number of rotatable bonds is 14. The lowest BCUT2D eigenvalue weighted by molar-refractivity contribution is -0.149. The number of benzene rings is 2. The van der Waals surface area contributed by atoms with Crippen molar-refractivity contribution in [3.63, 3.8) is 0 Å². The predicted molar refractivity (Wildman–Crippen MR) is 153 cm³/mol. The first-order chi connectivity index (χ1) is 19.4. The maximum absolute atomic E-state index is 13.2. The molecule has 0 aliphatic carbocycles. The monoisotopic (exact) mass is 687 g/mol. The van der Waals surface area contributed by atoms with E-state index in [1.165, 1.54) is 31.2 Å². The van der Waals surface area contributed by atoms with E-state index in [1.807, 2.05) is 0 Å². The van der Waals surface area contributed by atoms with E-state index >= 15 is 0 Å². The fourth-order valence-corrected chi connectivity index (χ4v) is 6.53. The van der Waals surface area contributed by atoms with E-state index in [0.717, 1.165) is 32.2 Å². The second-order valence-corrected chi connectivity index (χ2v) is 13.7. The van der Waals surface area contributed by atoms with Crippen LogP contribution in [0.1, 0.15) is 20.8 Å². The summed E-state index contributed by atoms with van der Waals surface area (Å²) in [6.45, 7) is 2.40. The first kappa shape index (κ1) is 35.4. The van der Waals surface area contributed by atoms with Gasteiger partial charge in [-0.3, -0.25) is 14.4 Å². The number of sulfonamides is 1. The van der Waals surface area contributed by atoms with Crippen molar-refractivity contribution >= 4 is 72.5 Å².